The highest BCUT2D eigenvalue weighted by molar-refractivity contribution is 6.20. The van der Waals surface area contributed by atoms with Gasteiger partial charge in [-0.05, 0) is 145 Å². The molecule has 0 fully saturated rings. The lowest BCUT2D eigenvalue weighted by Crippen LogP contribution is -2.76. The van der Waals surface area contributed by atoms with Crippen LogP contribution in [0.2, 0.25) is 0 Å². The van der Waals surface area contributed by atoms with E-state index < -0.39 is 0 Å². The molecule has 3 aliphatic rings. The average Bonchev–Trinajstić information content (AvgIpc) is 3.73. The molecule has 8 rings (SSSR count). The molecule has 0 aromatic heterocycles. The van der Waals surface area contributed by atoms with E-state index in [0.29, 0.717) is 0 Å². The Kier molecular flexibility index (Phi) is 11.6. The number of hydrogen-bond acceptors (Lipinski definition) is 5. The molecule has 326 valence electrons. The Morgan fingerprint density at radius 2 is 1.35 bits per heavy atom. The Balaban J connectivity index is 1.13. The van der Waals surface area contributed by atoms with Gasteiger partial charge in [0.25, 0.3) is 0 Å². The van der Waals surface area contributed by atoms with Crippen molar-refractivity contribution < 1.29 is 10.1 Å². The van der Waals surface area contributed by atoms with Crippen molar-refractivity contribution in [2.45, 2.75) is 117 Å². The second kappa shape index (κ2) is 16.7. The lowest BCUT2D eigenvalue weighted by Gasteiger charge is -2.40. The molecule has 5 aromatic carbocycles. The summed E-state index contributed by atoms with van der Waals surface area (Å²) in [7, 11) is 1.99. The van der Waals surface area contributed by atoms with Gasteiger partial charge in [0, 0.05) is 69.5 Å². The number of benzene rings is 5. The first kappa shape index (κ1) is 43.8. The van der Waals surface area contributed by atoms with Gasteiger partial charge in [0.1, 0.15) is 11.4 Å². The van der Waals surface area contributed by atoms with Crippen LogP contribution in [0.15, 0.2) is 138 Å². The van der Waals surface area contributed by atoms with Crippen LogP contribution in [0.25, 0.3) is 11.1 Å². The van der Waals surface area contributed by atoms with E-state index in [1.54, 1.807) is 0 Å². The molecule has 0 amide bonds. The van der Waals surface area contributed by atoms with Crippen molar-refractivity contribution in [1.82, 2.24) is 0 Å². The van der Waals surface area contributed by atoms with Gasteiger partial charge in [-0.2, -0.15) is 0 Å². The maximum atomic E-state index is 14.9. The van der Waals surface area contributed by atoms with Gasteiger partial charge in [0.15, 0.2) is 5.78 Å². The summed E-state index contributed by atoms with van der Waals surface area (Å²) in [5.74, 6) is 0.192. The first-order valence-electron chi connectivity index (χ1n) is 23.3. The Hall–Kier alpha value is -5.85. The van der Waals surface area contributed by atoms with Gasteiger partial charge < -0.3 is 21.3 Å². The molecule has 3 atom stereocenters. The van der Waals surface area contributed by atoms with Gasteiger partial charge in [0.05, 0.1) is 11.0 Å². The van der Waals surface area contributed by atoms with Gasteiger partial charge in [-0.25, -0.2) is 0 Å². The Morgan fingerprint density at radius 1 is 0.778 bits per heavy atom. The van der Waals surface area contributed by atoms with Crippen LogP contribution in [0, 0.1) is 12.8 Å². The molecule has 0 spiro atoms. The number of nitrogens with zero attached hydrogens (tertiary/aromatic N) is 1. The summed E-state index contributed by atoms with van der Waals surface area (Å²) >= 11 is 0. The van der Waals surface area contributed by atoms with Crippen molar-refractivity contribution in [1.29, 1.82) is 0 Å². The van der Waals surface area contributed by atoms with Crippen molar-refractivity contribution in [3.8, 4) is 11.1 Å². The molecule has 6 N–H and O–H groups in total. The standard InChI is InChI=1S/C57H67N5O/c1-12-30-56(14-3)38(8)60-49-34-50-47(33-46(49)56)57(15-4,31-13-2)54(61-50)52-36(6)51(53(52)63)37(7)55(9,10)45-32-40(20-29-48(45)59-11)39-18-25-43(26-19-39)62(42-23-16-35(5)17-24-42)44-27-21-41(58)22-28-44/h16-29,32-34,37,59-61H,8,12-15,30-31,58H2,1-7,9-11H3/p+1/b54-52+. The highest BCUT2D eigenvalue weighted by atomic mass is 16.1. The molecule has 0 radical (unpaired) electrons. The zero-order chi connectivity index (χ0) is 45.0. The summed E-state index contributed by atoms with van der Waals surface area (Å²) in [6, 6.07) is 37.0. The number of quaternary nitrogens is 1. The van der Waals surface area contributed by atoms with Gasteiger partial charge in [-0.1, -0.05) is 104 Å². The molecule has 1 aliphatic carbocycles. The first-order valence-corrected chi connectivity index (χ1v) is 23.3. The third-order valence-corrected chi connectivity index (χ3v) is 15.4. The van der Waals surface area contributed by atoms with Crippen LogP contribution in [0.3, 0.4) is 0 Å². The lowest BCUT2D eigenvalue weighted by atomic mass is 9.61. The fourth-order valence-electron chi connectivity index (χ4n) is 11.4. The zero-order valence-corrected chi connectivity index (χ0v) is 39.4. The SMILES string of the molecule is C=C1Nc2cc3c(cc2C1(CC)CCC)C(CC)(CCC)/C(=C1\C(=O)C(C(C)C(C)(C)c2cc(-c4ccc(N(c5ccc(C)cc5)c5ccc(N)cc5)cc4)ccc2NC)=C1C)[NH2+]3. The second-order valence-electron chi connectivity index (χ2n) is 19.0. The van der Waals surface area contributed by atoms with Crippen LogP contribution in [0.1, 0.15) is 116 Å². The number of nitrogens with one attached hydrogen (secondary N) is 2. The number of nitrogen functional groups attached to an aromatic ring is 1. The molecule has 0 bridgehead atoms. The zero-order valence-electron chi connectivity index (χ0n) is 39.4. The fraction of sp³-hybridized carbons (Fsp3) is 0.351. The predicted octanol–water partition coefficient (Wildman–Crippen LogP) is 13.6. The summed E-state index contributed by atoms with van der Waals surface area (Å²) in [4.78, 5) is 17.2. The van der Waals surface area contributed by atoms with Crippen molar-refractivity contribution >= 4 is 45.6 Å². The summed E-state index contributed by atoms with van der Waals surface area (Å²) in [5.41, 5.74) is 25.7. The van der Waals surface area contributed by atoms with E-state index in [1.807, 2.05) is 19.2 Å². The molecule has 5 aromatic rings. The molecule has 2 heterocycles. The van der Waals surface area contributed by atoms with Crippen LogP contribution < -0.4 is 26.6 Å². The minimum atomic E-state index is -0.362. The monoisotopic (exact) mass is 839 g/mol. The van der Waals surface area contributed by atoms with Crippen molar-refractivity contribution in [2.75, 3.05) is 28.3 Å². The molecule has 63 heavy (non-hydrogen) atoms. The minimum absolute atomic E-state index is 0.0220. The highest BCUT2D eigenvalue weighted by Crippen LogP contribution is 2.56. The topological polar surface area (TPSA) is 87.0 Å². The van der Waals surface area contributed by atoms with Gasteiger partial charge in [0.2, 0.25) is 0 Å². The van der Waals surface area contributed by atoms with Gasteiger partial charge in [-0.3, -0.25) is 10.1 Å². The first-order chi connectivity index (χ1) is 30.2. The molecule has 6 heteroatoms. The molecule has 2 aliphatic heterocycles. The summed E-state index contributed by atoms with van der Waals surface area (Å²) in [6.45, 7) is 24.9. The maximum absolute atomic E-state index is 14.9. The number of ketones is 1. The highest BCUT2D eigenvalue weighted by Gasteiger charge is 2.54. The smallest absolute Gasteiger partial charge is 0.195 e. The number of rotatable bonds is 14. The Bertz CT molecular complexity index is 2600. The van der Waals surface area contributed by atoms with E-state index in [0.717, 1.165) is 101 Å². The molecule has 0 saturated heterocycles. The largest absolute Gasteiger partial charge is 0.399 e. The van der Waals surface area contributed by atoms with Crippen LogP contribution >= 0.6 is 0 Å². The van der Waals surface area contributed by atoms with Crippen molar-refractivity contribution in [3.63, 3.8) is 0 Å². The molecular formula is C57H68N5O+. The van der Waals surface area contributed by atoms with Crippen LogP contribution in [0.4, 0.5) is 39.8 Å². The number of carbonyl (C=O) groups excluding carboxylic acids is 1. The molecule has 6 nitrogen and oxygen atoms in total. The minimum Gasteiger partial charge on any atom is -0.399 e. The third-order valence-electron chi connectivity index (χ3n) is 15.4. The van der Waals surface area contributed by atoms with E-state index >= 15 is 0 Å². The summed E-state index contributed by atoms with van der Waals surface area (Å²) < 4.78 is 0. The predicted molar refractivity (Wildman–Crippen MR) is 267 cm³/mol. The molecular weight excluding hydrogens is 771 g/mol. The van der Waals surface area contributed by atoms with Crippen LogP contribution in [0.5, 0.6) is 0 Å². The van der Waals surface area contributed by atoms with E-state index in [4.69, 9.17) is 5.73 Å². The number of aryl methyl sites for hydroxylation is 1. The maximum Gasteiger partial charge on any atom is 0.195 e. The number of allylic oxidation sites excluding steroid dienone is 5. The number of nitrogens with two attached hydrogens (primary N) is 2. The van der Waals surface area contributed by atoms with E-state index in [1.165, 1.54) is 39.3 Å². The summed E-state index contributed by atoms with van der Waals surface area (Å²) in [5, 5.41) is 9.56. The van der Waals surface area contributed by atoms with Crippen LogP contribution in [-0.2, 0) is 21.0 Å². The number of Topliss-reactive ketones (excluding diaryl/α,β-unsaturated/α-hetero) is 1. The normalized spacial score (nSPS) is 20.9. The van der Waals surface area contributed by atoms with E-state index in [9.17, 15) is 4.79 Å². The van der Waals surface area contributed by atoms with Gasteiger partial charge in [-0.15, -0.1) is 0 Å². The summed E-state index contributed by atoms with van der Waals surface area (Å²) in [6.07, 6.45) is 6.19. The number of anilines is 6. The molecule has 0 saturated carbocycles. The van der Waals surface area contributed by atoms with Crippen molar-refractivity contribution in [3.05, 3.63) is 160 Å². The Morgan fingerprint density at radius 3 is 1.92 bits per heavy atom. The van der Waals surface area contributed by atoms with Crippen LogP contribution in [-0.4, -0.2) is 12.8 Å². The third kappa shape index (κ3) is 7.02. The van der Waals surface area contributed by atoms with Gasteiger partial charge >= 0.3 is 0 Å². The number of fused-ring (bicyclic) bond motifs is 2. The quantitative estimate of drug-likeness (QED) is 0.0661. The van der Waals surface area contributed by atoms with Crippen molar-refractivity contribution in [2.24, 2.45) is 5.92 Å². The fourth-order valence-corrected chi connectivity index (χ4v) is 11.4. The number of carbonyl (C=O) groups is 1. The lowest BCUT2D eigenvalue weighted by molar-refractivity contribution is -0.517. The van der Waals surface area contributed by atoms with E-state index in [2.05, 4.69) is 181 Å². The van der Waals surface area contributed by atoms with E-state index in [-0.39, 0.29) is 27.9 Å². The Labute approximate surface area is 376 Å². The number of hydrogen-bond donors (Lipinski definition) is 4. The molecule has 3 unspecified atom stereocenters. The average molecular weight is 839 g/mol. The second-order valence-corrected chi connectivity index (χ2v) is 19.0.